The van der Waals surface area contributed by atoms with Crippen molar-refractivity contribution in [2.24, 2.45) is 5.92 Å². The maximum absolute atomic E-state index is 13.1. The largest absolute Gasteiger partial charge is 0.352 e. The second-order valence-electron chi connectivity index (χ2n) is 6.67. The van der Waals surface area contributed by atoms with E-state index in [4.69, 9.17) is 0 Å². The van der Waals surface area contributed by atoms with Crippen molar-refractivity contribution in [1.29, 1.82) is 0 Å². The molecule has 1 aliphatic carbocycles. The van der Waals surface area contributed by atoms with Crippen LogP contribution < -0.4 is 10.6 Å². The number of nitrogens with one attached hydrogen (secondary N) is 2. The van der Waals surface area contributed by atoms with Gasteiger partial charge in [0.15, 0.2) is 0 Å². The van der Waals surface area contributed by atoms with Gasteiger partial charge in [-0.15, -0.1) is 0 Å². The van der Waals surface area contributed by atoms with Gasteiger partial charge in [-0.3, -0.25) is 14.5 Å². The van der Waals surface area contributed by atoms with Crippen LogP contribution >= 0.6 is 0 Å². The molecule has 2 amide bonds. The Bertz CT molecular complexity index is 579. The van der Waals surface area contributed by atoms with E-state index in [1.807, 2.05) is 0 Å². The quantitative estimate of drug-likeness (QED) is 0.839. The van der Waals surface area contributed by atoms with Gasteiger partial charge in [0.25, 0.3) is 0 Å². The van der Waals surface area contributed by atoms with E-state index in [9.17, 15) is 14.0 Å². The Kier molecular flexibility index (Phi) is 6.73. The molecule has 0 saturated heterocycles. The van der Waals surface area contributed by atoms with Gasteiger partial charge in [0.2, 0.25) is 11.8 Å². The molecular weight excluding hydrogens is 309 g/mol. The lowest BCUT2D eigenvalue weighted by atomic mass is 9.86. The average molecular weight is 335 g/mol. The standard InChI is InChI=1S/C18H26FN3O2/c1-13-6-3-4-9-16(13)21-18(24)12-22(2)11-17(23)20-15-8-5-7-14(19)10-15/h5,7-8,10,13,16H,3-4,6,9,11-12H2,1-2H3,(H,20,23)(H,21,24)/t13-,16+/m1/s1. The highest BCUT2D eigenvalue weighted by Gasteiger charge is 2.23. The normalized spacial score (nSPS) is 20.7. The van der Waals surface area contributed by atoms with Crippen molar-refractivity contribution in [3.63, 3.8) is 0 Å². The van der Waals surface area contributed by atoms with E-state index in [1.54, 1.807) is 18.0 Å². The molecule has 2 N–H and O–H groups in total. The van der Waals surface area contributed by atoms with Crippen molar-refractivity contribution in [2.75, 3.05) is 25.5 Å². The van der Waals surface area contributed by atoms with E-state index >= 15 is 0 Å². The van der Waals surface area contributed by atoms with Gasteiger partial charge in [0, 0.05) is 11.7 Å². The number of amides is 2. The van der Waals surface area contributed by atoms with Crippen LogP contribution in [-0.2, 0) is 9.59 Å². The van der Waals surface area contributed by atoms with Crippen molar-refractivity contribution in [3.8, 4) is 0 Å². The molecule has 24 heavy (non-hydrogen) atoms. The first kappa shape index (κ1) is 18.4. The summed E-state index contributed by atoms with van der Waals surface area (Å²) >= 11 is 0. The molecule has 1 aliphatic rings. The van der Waals surface area contributed by atoms with Gasteiger partial charge >= 0.3 is 0 Å². The molecule has 1 fully saturated rings. The third-order valence-electron chi connectivity index (χ3n) is 4.39. The number of carbonyl (C=O) groups excluding carboxylic acids is 2. The van der Waals surface area contributed by atoms with Crippen molar-refractivity contribution >= 4 is 17.5 Å². The zero-order valence-electron chi connectivity index (χ0n) is 14.3. The number of nitrogens with zero attached hydrogens (tertiary/aromatic N) is 1. The lowest BCUT2D eigenvalue weighted by molar-refractivity contribution is -0.124. The first-order valence-electron chi connectivity index (χ1n) is 8.47. The minimum absolute atomic E-state index is 0.0604. The fraction of sp³-hybridized carbons (Fsp3) is 0.556. The van der Waals surface area contributed by atoms with Crippen molar-refractivity contribution in [1.82, 2.24) is 10.2 Å². The second kappa shape index (κ2) is 8.78. The summed E-state index contributed by atoms with van der Waals surface area (Å²) in [5.41, 5.74) is 0.411. The molecule has 5 nitrogen and oxygen atoms in total. The number of hydrogen-bond acceptors (Lipinski definition) is 3. The Hall–Kier alpha value is -1.95. The molecule has 0 radical (unpaired) electrons. The van der Waals surface area contributed by atoms with Crippen LogP contribution in [0.1, 0.15) is 32.6 Å². The fourth-order valence-corrected chi connectivity index (χ4v) is 3.10. The van der Waals surface area contributed by atoms with Gasteiger partial charge in [-0.1, -0.05) is 25.8 Å². The fourth-order valence-electron chi connectivity index (χ4n) is 3.10. The van der Waals surface area contributed by atoms with E-state index in [-0.39, 0.29) is 30.9 Å². The molecule has 0 unspecified atom stereocenters. The van der Waals surface area contributed by atoms with E-state index < -0.39 is 5.82 Å². The van der Waals surface area contributed by atoms with Gasteiger partial charge in [-0.05, 0) is 44.0 Å². The van der Waals surface area contributed by atoms with E-state index in [2.05, 4.69) is 17.6 Å². The predicted octanol–water partition coefficient (Wildman–Crippen LogP) is 2.39. The van der Waals surface area contributed by atoms with E-state index in [1.165, 1.54) is 24.6 Å². The number of hydrogen-bond donors (Lipinski definition) is 2. The maximum atomic E-state index is 13.1. The van der Waals surface area contributed by atoms with Gasteiger partial charge in [-0.25, -0.2) is 4.39 Å². The molecule has 0 spiro atoms. The molecule has 0 bridgehead atoms. The molecule has 0 heterocycles. The SMILES string of the molecule is C[C@@H]1CCCC[C@@H]1NC(=O)CN(C)CC(=O)Nc1cccc(F)c1. The Morgan fingerprint density at radius 2 is 1.92 bits per heavy atom. The highest BCUT2D eigenvalue weighted by molar-refractivity contribution is 5.92. The molecule has 2 rings (SSSR count). The summed E-state index contributed by atoms with van der Waals surface area (Å²) in [5.74, 6) is -0.233. The Morgan fingerprint density at radius 1 is 1.21 bits per heavy atom. The smallest absolute Gasteiger partial charge is 0.238 e. The van der Waals surface area contributed by atoms with Crippen molar-refractivity contribution in [3.05, 3.63) is 30.1 Å². The summed E-state index contributed by atoms with van der Waals surface area (Å²) in [6.07, 6.45) is 4.56. The summed E-state index contributed by atoms with van der Waals surface area (Å²) in [7, 11) is 1.72. The third kappa shape index (κ3) is 5.92. The zero-order chi connectivity index (χ0) is 17.5. The highest BCUT2D eigenvalue weighted by atomic mass is 19.1. The zero-order valence-corrected chi connectivity index (χ0v) is 14.3. The van der Waals surface area contributed by atoms with Crippen LogP contribution in [0.2, 0.25) is 0 Å². The number of halogens is 1. The van der Waals surface area contributed by atoms with Crippen LogP contribution in [0.25, 0.3) is 0 Å². The van der Waals surface area contributed by atoms with Gasteiger partial charge in [0.1, 0.15) is 5.82 Å². The summed E-state index contributed by atoms with van der Waals surface area (Å²) in [6.45, 7) is 2.41. The van der Waals surface area contributed by atoms with Crippen LogP contribution in [0.5, 0.6) is 0 Å². The molecular formula is C18H26FN3O2. The van der Waals surface area contributed by atoms with E-state index in [0.717, 1.165) is 19.3 Å². The first-order chi connectivity index (χ1) is 11.4. The van der Waals surface area contributed by atoms with Gasteiger partial charge in [-0.2, -0.15) is 0 Å². The number of anilines is 1. The van der Waals surface area contributed by atoms with E-state index in [0.29, 0.717) is 11.6 Å². The lowest BCUT2D eigenvalue weighted by Gasteiger charge is -2.30. The molecule has 132 valence electrons. The second-order valence-corrected chi connectivity index (χ2v) is 6.67. The van der Waals surface area contributed by atoms with Gasteiger partial charge < -0.3 is 10.6 Å². The molecule has 6 heteroatoms. The maximum Gasteiger partial charge on any atom is 0.238 e. The topological polar surface area (TPSA) is 61.4 Å². The molecule has 2 atom stereocenters. The Labute approximate surface area is 142 Å². The van der Waals surface area contributed by atoms with Crippen molar-refractivity contribution in [2.45, 2.75) is 38.6 Å². The van der Waals surface area contributed by atoms with Gasteiger partial charge in [0.05, 0.1) is 13.1 Å². The number of benzene rings is 1. The summed E-state index contributed by atoms with van der Waals surface area (Å²) < 4.78 is 13.1. The van der Waals surface area contributed by atoms with Crippen molar-refractivity contribution < 1.29 is 14.0 Å². The van der Waals surface area contributed by atoms with Crippen LogP contribution in [-0.4, -0.2) is 42.9 Å². The highest BCUT2D eigenvalue weighted by Crippen LogP contribution is 2.23. The first-order valence-corrected chi connectivity index (χ1v) is 8.47. The predicted molar refractivity (Wildman–Crippen MR) is 92.1 cm³/mol. The number of likely N-dealkylation sites (N-methyl/N-ethyl adjacent to an activating group) is 1. The molecule has 1 aromatic carbocycles. The van der Waals surface area contributed by atoms with Crippen LogP contribution in [0.3, 0.4) is 0 Å². The number of rotatable bonds is 6. The Morgan fingerprint density at radius 3 is 2.62 bits per heavy atom. The minimum atomic E-state index is -0.401. The molecule has 0 aliphatic heterocycles. The van der Waals surface area contributed by atoms with Crippen LogP contribution in [0, 0.1) is 11.7 Å². The van der Waals surface area contributed by atoms with Crippen LogP contribution in [0.15, 0.2) is 24.3 Å². The molecule has 1 aromatic rings. The third-order valence-corrected chi connectivity index (χ3v) is 4.39. The molecule has 0 aromatic heterocycles. The average Bonchev–Trinajstić information content (AvgIpc) is 2.49. The minimum Gasteiger partial charge on any atom is -0.352 e. The summed E-state index contributed by atoms with van der Waals surface area (Å²) in [5, 5.41) is 5.69. The Balaban J connectivity index is 1.74. The summed E-state index contributed by atoms with van der Waals surface area (Å²) in [6, 6.07) is 5.97. The van der Waals surface area contributed by atoms with Crippen LogP contribution in [0.4, 0.5) is 10.1 Å². The number of carbonyl (C=O) groups is 2. The molecule has 1 saturated carbocycles. The lowest BCUT2D eigenvalue weighted by Crippen LogP contribution is -2.46. The monoisotopic (exact) mass is 335 g/mol. The summed E-state index contributed by atoms with van der Waals surface area (Å²) in [4.78, 5) is 25.7.